The molecule has 0 atom stereocenters. The maximum atomic E-state index is 12.3. The van der Waals surface area contributed by atoms with Crippen LogP contribution in [0.5, 0.6) is 0 Å². The van der Waals surface area contributed by atoms with E-state index in [2.05, 4.69) is 26.3 Å². The number of nitrogens with one attached hydrogen (secondary N) is 1. The summed E-state index contributed by atoms with van der Waals surface area (Å²) in [7, 11) is 0. The molecule has 0 saturated carbocycles. The van der Waals surface area contributed by atoms with Gasteiger partial charge in [0.1, 0.15) is 0 Å². The third-order valence-corrected chi connectivity index (χ3v) is 4.41. The Hall–Kier alpha value is -2.40. The van der Waals surface area contributed by atoms with Crippen LogP contribution >= 0.6 is 15.9 Å². The molecule has 3 aromatic rings. The van der Waals surface area contributed by atoms with Crippen LogP contribution in [0.15, 0.2) is 59.3 Å². The zero-order chi connectivity index (χ0) is 16.4. The lowest BCUT2D eigenvalue weighted by molar-refractivity contribution is 0.102. The minimum Gasteiger partial charge on any atom is -0.322 e. The lowest BCUT2D eigenvalue weighted by atomic mass is 10.1. The number of halogens is 1. The van der Waals surface area contributed by atoms with Crippen molar-refractivity contribution in [3.8, 4) is 5.69 Å². The molecule has 0 radical (unpaired) electrons. The van der Waals surface area contributed by atoms with E-state index in [0.717, 1.165) is 27.0 Å². The van der Waals surface area contributed by atoms with Crippen LogP contribution in [0, 0.1) is 13.8 Å². The second kappa shape index (κ2) is 6.38. The Kier molecular flexibility index (Phi) is 4.30. The molecule has 0 aliphatic carbocycles. The van der Waals surface area contributed by atoms with Gasteiger partial charge in [-0.05, 0) is 67.4 Å². The lowest BCUT2D eigenvalue weighted by Gasteiger charge is -2.08. The molecule has 0 spiro atoms. The minimum absolute atomic E-state index is 0.130. The molecule has 1 heterocycles. The number of rotatable bonds is 3. The Morgan fingerprint density at radius 3 is 2.48 bits per heavy atom. The van der Waals surface area contributed by atoms with Crippen molar-refractivity contribution < 1.29 is 4.79 Å². The maximum Gasteiger partial charge on any atom is 0.255 e. The summed E-state index contributed by atoms with van der Waals surface area (Å²) >= 11 is 3.45. The molecule has 116 valence electrons. The molecule has 0 fully saturated rings. The molecule has 1 aromatic heterocycles. The molecular formula is C18H16BrN3O. The van der Waals surface area contributed by atoms with Gasteiger partial charge in [0.2, 0.25) is 0 Å². The van der Waals surface area contributed by atoms with E-state index >= 15 is 0 Å². The number of nitrogens with zero attached hydrogens (tertiary/aromatic N) is 2. The number of amides is 1. The summed E-state index contributed by atoms with van der Waals surface area (Å²) < 4.78 is 2.81. The minimum atomic E-state index is -0.130. The summed E-state index contributed by atoms with van der Waals surface area (Å²) in [5.74, 6) is -0.130. The molecule has 0 bridgehead atoms. The number of hydrogen-bond acceptors (Lipinski definition) is 2. The second-order valence-corrected chi connectivity index (χ2v) is 6.28. The fraction of sp³-hybridized carbons (Fsp3) is 0.111. The molecule has 23 heavy (non-hydrogen) atoms. The van der Waals surface area contributed by atoms with Crippen molar-refractivity contribution in [3.63, 3.8) is 0 Å². The zero-order valence-electron chi connectivity index (χ0n) is 12.9. The second-order valence-electron chi connectivity index (χ2n) is 5.43. The normalized spacial score (nSPS) is 10.6. The van der Waals surface area contributed by atoms with E-state index in [1.54, 1.807) is 23.0 Å². The highest BCUT2D eigenvalue weighted by Gasteiger charge is 2.07. The van der Waals surface area contributed by atoms with Crippen LogP contribution in [0.2, 0.25) is 0 Å². The van der Waals surface area contributed by atoms with E-state index in [0.29, 0.717) is 5.56 Å². The Morgan fingerprint density at radius 1 is 1.13 bits per heavy atom. The van der Waals surface area contributed by atoms with Gasteiger partial charge in [0.05, 0.1) is 11.9 Å². The highest BCUT2D eigenvalue weighted by molar-refractivity contribution is 9.10. The quantitative estimate of drug-likeness (QED) is 0.738. The van der Waals surface area contributed by atoms with E-state index in [1.807, 2.05) is 50.4 Å². The zero-order valence-corrected chi connectivity index (χ0v) is 14.5. The molecular weight excluding hydrogens is 354 g/mol. The topological polar surface area (TPSA) is 46.9 Å². The average Bonchev–Trinajstić information content (AvgIpc) is 2.97. The van der Waals surface area contributed by atoms with Gasteiger partial charge in [0, 0.05) is 21.9 Å². The molecule has 5 heteroatoms. The number of aromatic nitrogens is 2. The van der Waals surface area contributed by atoms with Crippen molar-refractivity contribution in [1.29, 1.82) is 0 Å². The van der Waals surface area contributed by atoms with Crippen LogP contribution in [-0.4, -0.2) is 15.7 Å². The molecule has 2 aromatic carbocycles. The van der Waals surface area contributed by atoms with Gasteiger partial charge in [0.25, 0.3) is 5.91 Å². The number of benzene rings is 2. The first kappa shape index (κ1) is 15.5. The van der Waals surface area contributed by atoms with Gasteiger partial charge < -0.3 is 5.32 Å². The fourth-order valence-electron chi connectivity index (χ4n) is 2.25. The first-order valence-corrected chi connectivity index (χ1v) is 8.01. The van der Waals surface area contributed by atoms with Crippen molar-refractivity contribution in [2.75, 3.05) is 5.32 Å². The first-order chi connectivity index (χ1) is 11.0. The Bertz CT molecular complexity index is 853. The van der Waals surface area contributed by atoms with Crippen LogP contribution in [0.25, 0.3) is 5.69 Å². The van der Waals surface area contributed by atoms with Gasteiger partial charge in [-0.15, -0.1) is 0 Å². The summed E-state index contributed by atoms with van der Waals surface area (Å²) in [5.41, 5.74) is 4.49. The molecule has 3 rings (SSSR count). The summed E-state index contributed by atoms with van der Waals surface area (Å²) in [6, 6.07) is 13.1. The molecule has 1 N–H and O–H groups in total. The van der Waals surface area contributed by atoms with Crippen LogP contribution < -0.4 is 5.32 Å². The van der Waals surface area contributed by atoms with E-state index in [-0.39, 0.29) is 5.91 Å². The number of aryl methyl sites for hydroxylation is 2. The summed E-state index contributed by atoms with van der Waals surface area (Å²) in [6.07, 6.45) is 3.75. The van der Waals surface area contributed by atoms with Gasteiger partial charge in [0.15, 0.2) is 0 Å². The van der Waals surface area contributed by atoms with Crippen molar-refractivity contribution in [2.24, 2.45) is 0 Å². The van der Waals surface area contributed by atoms with Crippen LogP contribution in [0.1, 0.15) is 21.5 Å². The van der Waals surface area contributed by atoms with E-state index in [1.165, 1.54) is 0 Å². The number of anilines is 1. The number of hydrogen-bond donors (Lipinski definition) is 1. The summed E-state index contributed by atoms with van der Waals surface area (Å²) in [6.45, 7) is 3.98. The standard InChI is InChI=1S/C18H16BrN3O/c1-12-10-20-22(11-12)16-6-3-14(4-7-16)18(23)21-15-5-8-17(19)13(2)9-15/h3-11H,1-2H3,(H,21,23). The average molecular weight is 370 g/mol. The highest BCUT2D eigenvalue weighted by Crippen LogP contribution is 2.20. The Labute approximate surface area is 143 Å². The van der Waals surface area contributed by atoms with Gasteiger partial charge in [-0.1, -0.05) is 15.9 Å². The van der Waals surface area contributed by atoms with E-state index in [9.17, 15) is 4.79 Å². The van der Waals surface area contributed by atoms with Crippen molar-refractivity contribution >= 4 is 27.5 Å². The van der Waals surface area contributed by atoms with Gasteiger partial charge in [-0.2, -0.15) is 5.10 Å². The van der Waals surface area contributed by atoms with Gasteiger partial charge in [-0.25, -0.2) is 4.68 Å². The smallest absolute Gasteiger partial charge is 0.255 e. The van der Waals surface area contributed by atoms with Gasteiger partial charge >= 0.3 is 0 Å². The third-order valence-electron chi connectivity index (χ3n) is 3.52. The highest BCUT2D eigenvalue weighted by atomic mass is 79.9. The third kappa shape index (κ3) is 3.51. The maximum absolute atomic E-state index is 12.3. The lowest BCUT2D eigenvalue weighted by Crippen LogP contribution is -2.12. The largest absolute Gasteiger partial charge is 0.322 e. The molecule has 1 amide bonds. The van der Waals surface area contributed by atoms with Gasteiger partial charge in [-0.3, -0.25) is 4.79 Å². The first-order valence-electron chi connectivity index (χ1n) is 7.22. The summed E-state index contributed by atoms with van der Waals surface area (Å²) in [4.78, 5) is 12.3. The van der Waals surface area contributed by atoms with Crippen LogP contribution in [0.4, 0.5) is 5.69 Å². The van der Waals surface area contributed by atoms with Crippen molar-refractivity contribution in [2.45, 2.75) is 13.8 Å². The van der Waals surface area contributed by atoms with Crippen molar-refractivity contribution in [1.82, 2.24) is 9.78 Å². The predicted molar refractivity (Wildman–Crippen MR) is 95.1 cm³/mol. The molecule has 0 aliphatic heterocycles. The molecule has 0 aliphatic rings. The molecule has 0 unspecified atom stereocenters. The Balaban J connectivity index is 1.76. The predicted octanol–water partition coefficient (Wildman–Crippen LogP) is 4.50. The monoisotopic (exact) mass is 369 g/mol. The van der Waals surface area contributed by atoms with Crippen LogP contribution in [0.3, 0.4) is 0 Å². The number of carbonyl (C=O) groups is 1. The van der Waals surface area contributed by atoms with Crippen LogP contribution in [-0.2, 0) is 0 Å². The van der Waals surface area contributed by atoms with Crippen molar-refractivity contribution in [3.05, 3.63) is 76.0 Å². The van der Waals surface area contributed by atoms with E-state index < -0.39 is 0 Å². The number of carbonyl (C=O) groups excluding carboxylic acids is 1. The molecule has 0 saturated heterocycles. The summed E-state index contributed by atoms with van der Waals surface area (Å²) in [5, 5.41) is 7.17. The fourth-order valence-corrected chi connectivity index (χ4v) is 2.49. The van der Waals surface area contributed by atoms with E-state index in [4.69, 9.17) is 0 Å². The Morgan fingerprint density at radius 2 is 1.87 bits per heavy atom. The SMILES string of the molecule is Cc1cnn(-c2ccc(C(=O)Nc3ccc(Br)c(C)c3)cc2)c1. The molecule has 4 nitrogen and oxygen atoms in total.